The first-order valence-electron chi connectivity index (χ1n) is 10.1. The number of benzene rings is 1. The molecule has 2 aliphatic rings. The van der Waals surface area contributed by atoms with E-state index in [4.69, 9.17) is 9.47 Å². The molecule has 0 saturated heterocycles. The summed E-state index contributed by atoms with van der Waals surface area (Å²) in [5, 5.41) is 3.13. The summed E-state index contributed by atoms with van der Waals surface area (Å²) in [5.41, 5.74) is 0.521. The summed E-state index contributed by atoms with van der Waals surface area (Å²) in [5.74, 6) is 1.15. The van der Waals surface area contributed by atoms with Gasteiger partial charge in [0.2, 0.25) is 22.7 Å². The van der Waals surface area contributed by atoms with Crippen LogP contribution in [0.2, 0.25) is 0 Å². The van der Waals surface area contributed by atoms with Crippen molar-refractivity contribution in [2.75, 3.05) is 23.9 Å². The molecule has 1 aromatic carbocycles. The van der Waals surface area contributed by atoms with Gasteiger partial charge in [0.15, 0.2) is 11.5 Å². The van der Waals surface area contributed by atoms with Crippen molar-refractivity contribution in [2.45, 2.75) is 63.8 Å². The number of amides is 1. The average molecular weight is 411 g/mol. The fourth-order valence-corrected chi connectivity index (χ4v) is 4.77. The van der Waals surface area contributed by atoms with Crippen LogP contribution in [0, 0.1) is 0 Å². The lowest BCUT2D eigenvalue weighted by Crippen LogP contribution is -2.36. The van der Waals surface area contributed by atoms with Crippen molar-refractivity contribution in [3.05, 3.63) is 18.2 Å². The third kappa shape index (κ3) is 5.77. The van der Waals surface area contributed by atoms with E-state index in [2.05, 4.69) is 5.32 Å². The van der Waals surface area contributed by atoms with Crippen molar-refractivity contribution in [2.24, 2.45) is 0 Å². The molecule has 1 aliphatic carbocycles. The molecule has 0 unspecified atom stereocenters. The van der Waals surface area contributed by atoms with Gasteiger partial charge in [-0.05, 0) is 31.4 Å². The van der Waals surface area contributed by atoms with Gasteiger partial charge in [-0.3, -0.25) is 9.10 Å². The van der Waals surface area contributed by atoms with E-state index in [1.54, 1.807) is 18.2 Å². The maximum absolute atomic E-state index is 12.3. The topological polar surface area (TPSA) is 84.9 Å². The zero-order chi connectivity index (χ0) is 20.0. The summed E-state index contributed by atoms with van der Waals surface area (Å²) in [6.45, 7) is 0.384. The number of nitrogens with zero attached hydrogens (tertiary/aromatic N) is 1. The van der Waals surface area contributed by atoms with Gasteiger partial charge >= 0.3 is 0 Å². The van der Waals surface area contributed by atoms with Gasteiger partial charge in [-0.1, -0.05) is 32.1 Å². The Kier molecular flexibility index (Phi) is 7.04. The summed E-state index contributed by atoms with van der Waals surface area (Å²) in [7, 11) is -3.46. The van der Waals surface area contributed by atoms with E-state index >= 15 is 0 Å². The van der Waals surface area contributed by atoms with E-state index in [1.165, 1.54) is 29.8 Å². The lowest BCUT2D eigenvalue weighted by Gasteiger charge is -2.23. The number of nitrogens with one attached hydrogen (secondary N) is 1. The maximum Gasteiger partial charge on any atom is 0.232 e. The van der Waals surface area contributed by atoms with E-state index in [0.717, 1.165) is 25.7 Å². The fraction of sp³-hybridized carbons (Fsp3) is 0.650. The quantitative estimate of drug-likeness (QED) is 0.746. The summed E-state index contributed by atoms with van der Waals surface area (Å²) < 4.78 is 36.4. The first kappa shape index (κ1) is 20.8. The van der Waals surface area contributed by atoms with Gasteiger partial charge in [0, 0.05) is 25.1 Å². The van der Waals surface area contributed by atoms with Crippen molar-refractivity contribution >= 4 is 21.6 Å². The molecular formula is C20H30N2O5S. The van der Waals surface area contributed by atoms with Crippen molar-refractivity contribution in [3.8, 4) is 11.5 Å². The Labute approximate surface area is 167 Å². The lowest BCUT2D eigenvalue weighted by molar-refractivity contribution is -0.122. The molecule has 0 atom stereocenters. The highest BCUT2D eigenvalue weighted by Crippen LogP contribution is 2.36. The molecule has 7 nitrogen and oxygen atoms in total. The minimum Gasteiger partial charge on any atom is -0.454 e. The van der Waals surface area contributed by atoms with Gasteiger partial charge in [0.25, 0.3) is 0 Å². The van der Waals surface area contributed by atoms with Gasteiger partial charge in [-0.15, -0.1) is 0 Å². The van der Waals surface area contributed by atoms with Crippen LogP contribution in [-0.2, 0) is 14.8 Å². The van der Waals surface area contributed by atoms with Gasteiger partial charge in [-0.25, -0.2) is 8.42 Å². The summed E-state index contributed by atoms with van der Waals surface area (Å²) >= 11 is 0. The van der Waals surface area contributed by atoms with Gasteiger partial charge in [-0.2, -0.15) is 0 Å². The molecule has 1 heterocycles. The Morgan fingerprint density at radius 1 is 1.11 bits per heavy atom. The van der Waals surface area contributed by atoms with E-state index < -0.39 is 10.0 Å². The van der Waals surface area contributed by atoms with E-state index in [1.807, 2.05) is 0 Å². The van der Waals surface area contributed by atoms with Crippen molar-refractivity contribution in [3.63, 3.8) is 0 Å². The summed E-state index contributed by atoms with van der Waals surface area (Å²) in [6, 6.07) is 5.32. The van der Waals surface area contributed by atoms with Gasteiger partial charge in [0.05, 0.1) is 11.9 Å². The van der Waals surface area contributed by atoms with Crippen molar-refractivity contribution in [1.82, 2.24) is 5.32 Å². The van der Waals surface area contributed by atoms with Crippen LogP contribution in [0.15, 0.2) is 18.2 Å². The van der Waals surface area contributed by atoms with Crippen molar-refractivity contribution < 1.29 is 22.7 Å². The molecule has 156 valence electrons. The first-order valence-corrected chi connectivity index (χ1v) is 11.9. The Morgan fingerprint density at radius 2 is 1.79 bits per heavy atom. The molecule has 28 heavy (non-hydrogen) atoms. The molecule has 1 aliphatic heterocycles. The Hall–Kier alpha value is -1.96. The molecule has 1 saturated carbocycles. The molecule has 0 spiro atoms. The van der Waals surface area contributed by atoms with Gasteiger partial charge < -0.3 is 14.8 Å². The van der Waals surface area contributed by atoms with Gasteiger partial charge in [0.1, 0.15) is 0 Å². The standard InChI is InChI=1S/C20H30N2O5S/c1-28(24,25)22(17-11-12-18-19(14-17)27-15-26-18)13-7-10-20(23)21-16-8-5-3-2-4-6-9-16/h11-12,14,16H,2-10,13,15H2,1H3,(H,21,23). The summed E-state index contributed by atoms with van der Waals surface area (Å²) in [6.07, 6.45) is 10.1. The monoisotopic (exact) mass is 410 g/mol. The highest BCUT2D eigenvalue weighted by molar-refractivity contribution is 7.92. The van der Waals surface area contributed by atoms with E-state index in [9.17, 15) is 13.2 Å². The zero-order valence-corrected chi connectivity index (χ0v) is 17.3. The number of carbonyl (C=O) groups is 1. The second-order valence-electron chi connectivity index (χ2n) is 7.59. The van der Waals surface area contributed by atoms with Crippen LogP contribution in [0.4, 0.5) is 5.69 Å². The maximum atomic E-state index is 12.3. The number of anilines is 1. The average Bonchev–Trinajstić information content (AvgIpc) is 3.07. The zero-order valence-electron chi connectivity index (χ0n) is 16.5. The second kappa shape index (κ2) is 9.49. The number of fused-ring (bicyclic) bond motifs is 1. The number of ether oxygens (including phenoxy) is 2. The van der Waals surface area contributed by atoms with Crippen LogP contribution < -0.4 is 19.1 Å². The molecule has 1 amide bonds. The first-order chi connectivity index (χ1) is 13.4. The minimum absolute atomic E-state index is 0.00436. The van der Waals surface area contributed by atoms with Crippen LogP contribution in [0.1, 0.15) is 57.8 Å². The largest absolute Gasteiger partial charge is 0.454 e. The molecule has 0 bridgehead atoms. The molecule has 1 fully saturated rings. The van der Waals surface area contributed by atoms with Crippen LogP contribution in [0.5, 0.6) is 11.5 Å². The number of hydrogen-bond acceptors (Lipinski definition) is 5. The Morgan fingerprint density at radius 3 is 2.50 bits per heavy atom. The molecule has 1 aromatic rings. The Balaban J connectivity index is 1.53. The third-order valence-electron chi connectivity index (χ3n) is 5.28. The third-order valence-corrected chi connectivity index (χ3v) is 6.47. The minimum atomic E-state index is -3.46. The molecule has 1 N–H and O–H groups in total. The Bertz CT molecular complexity index is 773. The highest BCUT2D eigenvalue weighted by atomic mass is 32.2. The SMILES string of the molecule is CS(=O)(=O)N(CCCC(=O)NC1CCCCCCC1)c1ccc2c(c1)OCO2. The predicted molar refractivity (Wildman–Crippen MR) is 108 cm³/mol. The number of sulfonamides is 1. The smallest absolute Gasteiger partial charge is 0.232 e. The molecule has 8 heteroatoms. The number of rotatable bonds is 7. The van der Waals surface area contributed by atoms with E-state index in [0.29, 0.717) is 30.0 Å². The lowest BCUT2D eigenvalue weighted by atomic mass is 9.96. The summed E-state index contributed by atoms with van der Waals surface area (Å²) in [4.78, 5) is 12.3. The number of carbonyl (C=O) groups excluding carboxylic acids is 1. The van der Waals surface area contributed by atoms with E-state index in [-0.39, 0.29) is 25.3 Å². The van der Waals surface area contributed by atoms with Crippen LogP contribution in [0.25, 0.3) is 0 Å². The fourth-order valence-electron chi connectivity index (χ4n) is 3.81. The van der Waals surface area contributed by atoms with Crippen LogP contribution in [-0.4, -0.2) is 40.0 Å². The van der Waals surface area contributed by atoms with Crippen molar-refractivity contribution in [1.29, 1.82) is 0 Å². The molecule has 0 radical (unpaired) electrons. The highest BCUT2D eigenvalue weighted by Gasteiger charge is 2.22. The molecule has 0 aromatic heterocycles. The van der Waals surface area contributed by atoms with Crippen LogP contribution >= 0.6 is 0 Å². The second-order valence-corrected chi connectivity index (χ2v) is 9.49. The van der Waals surface area contributed by atoms with Crippen LogP contribution in [0.3, 0.4) is 0 Å². The normalized spacial score (nSPS) is 17.6. The predicted octanol–water partition coefficient (Wildman–Crippen LogP) is 3.19. The molecule has 3 rings (SSSR count). The number of hydrogen-bond donors (Lipinski definition) is 1. The molecular weight excluding hydrogens is 380 g/mol.